The van der Waals surface area contributed by atoms with Crippen molar-refractivity contribution in [1.29, 1.82) is 0 Å². The van der Waals surface area contributed by atoms with Gasteiger partial charge in [0.15, 0.2) is 0 Å². The third kappa shape index (κ3) is 4.89. The monoisotopic (exact) mass is 396 g/mol. The highest BCUT2D eigenvalue weighted by molar-refractivity contribution is 7.92. The minimum Gasteiger partial charge on any atom is -0.492 e. The molecule has 2 aromatic carbocycles. The summed E-state index contributed by atoms with van der Waals surface area (Å²) >= 11 is 5.87. The van der Waals surface area contributed by atoms with Crippen molar-refractivity contribution in [3.63, 3.8) is 0 Å². The average Bonchev–Trinajstić information content (AvgIpc) is 2.57. The maximum absolute atomic E-state index is 12.7. The largest absolute Gasteiger partial charge is 0.492 e. The number of sulfonamides is 1. The van der Waals surface area contributed by atoms with Crippen LogP contribution in [0, 0.1) is 0 Å². The van der Waals surface area contributed by atoms with E-state index < -0.39 is 22.0 Å². The Morgan fingerprint density at radius 1 is 1.19 bits per heavy atom. The fourth-order valence-electron chi connectivity index (χ4n) is 2.49. The maximum atomic E-state index is 12.7. The molecule has 0 saturated carbocycles. The lowest BCUT2D eigenvalue weighted by Crippen LogP contribution is -2.45. The number of hydrogen-bond acceptors (Lipinski definition) is 4. The molecule has 0 aliphatic rings. The van der Waals surface area contributed by atoms with Crippen molar-refractivity contribution >= 4 is 38.9 Å². The average molecular weight is 397 g/mol. The number of amides is 1. The summed E-state index contributed by atoms with van der Waals surface area (Å²) < 4.78 is 31.1. The molecule has 8 heteroatoms. The van der Waals surface area contributed by atoms with Crippen molar-refractivity contribution in [3.8, 4) is 5.75 Å². The predicted molar refractivity (Wildman–Crippen MR) is 104 cm³/mol. The highest BCUT2D eigenvalue weighted by Gasteiger charge is 2.29. The van der Waals surface area contributed by atoms with Gasteiger partial charge >= 0.3 is 0 Å². The van der Waals surface area contributed by atoms with Crippen LogP contribution in [0.3, 0.4) is 0 Å². The van der Waals surface area contributed by atoms with Gasteiger partial charge in [-0.15, -0.1) is 0 Å². The zero-order chi connectivity index (χ0) is 19.3. The molecule has 2 aromatic rings. The second kappa shape index (κ2) is 8.42. The summed E-state index contributed by atoms with van der Waals surface area (Å²) in [5, 5.41) is 3.21. The van der Waals surface area contributed by atoms with E-state index in [1.54, 1.807) is 48.5 Å². The first-order chi connectivity index (χ1) is 12.2. The zero-order valence-corrected chi connectivity index (χ0v) is 16.3. The number of anilines is 2. The van der Waals surface area contributed by atoms with Gasteiger partial charge < -0.3 is 10.1 Å². The van der Waals surface area contributed by atoms with Gasteiger partial charge in [0.05, 0.1) is 24.2 Å². The predicted octanol–water partition coefficient (Wildman–Crippen LogP) is 3.53. The highest BCUT2D eigenvalue weighted by Crippen LogP contribution is 2.26. The Hall–Kier alpha value is -2.25. The molecule has 1 N–H and O–H groups in total. The SMILES string of the molecule is CCOc1ccccc1NC(=O)[C@@H](C)N(c1ccc(Cl)cc1)S(C)(=O)=O. The minimum atomic E-state index is -3.69. The number of carbonyl (C=O) groups is 1. The Kier molecular flexibility index (Phi) is 6.50. The Morgan fingerprint density at radius 3 is 2.38 bits per heavy atom. The van der Waals surface area contributed by atoms with E-state index in [1.165, 1.54) is 6.92 Å². The van der Waals surface area contributed by atoms with Crippen LogP contribution in [0.25, 0.3) is 0 Å². The van der Waals surface area contributed by atoms with Crippen LogP contribution in [0.1, 0.15) is 13.8 Å². The molecule has 6 nitrogen and oxygen atoms in total. The summed E-state index contributed by atoms with van der Waals surface area (Å²) in [4.78, 5) is 12.7. The Labute approximate surface area is 158 Å². The topological polar surface area (TPSA) is 75.7 Å². The number of hydrogen-bond donors (Lipinski definition) is 1. The van der Waals surface area contributed by atoms with Crippen LogP contribution in [0.4, 0.5) is 11.4 Å². The lowest BCUT2D eigenvalue weighted by molar-refractivity contribution is -0.116. The van der Waals surface area contributed by atoms with E-state index >= 15 is 0 Å². The zero-order valence-electron chi connectivity index (χ0n) is 14.8. The molecular weight excluding hydrogens is 376 g/mol. The molecule has 0 radical (unpaired) electrons. The van der Waals surface area contributed by atoms with Crippen molar-refractivity contribution in [2.45, 2.75) is 19.9 Å². The molecule has 0 aliphatic heterocycles. The van der Waals surface area contributed by atoms with Gasteiger partial charge in [-0.1, -0.05) is 23.7 Å². The van der Waals surface area contributed by atoms with Crippen LogP contribution in [-0.4, -0.2) is 33.2 Å². The van der Waals surface area contributed by atoms with Crippen LogP contribution in [0.2, 0.25) is 5.02 Å². The van der Waals surface area contributed by atoms with Crippen molar-refractivity contribution in [3.05, 3.63) is 53.6 Å². The van der Waals surface area contributed by atoms with Gasteiger partial charge in [-0.25, -0.2) is 8.42 Å². The van der Waals surface area contributed by atoms with Gasteiger partial charge in [0.1, 0.15) is 11.8 Å². The van der Waals surface area contributed by atoms with Crippen molar-refractivity contribution in [2.75, 3.05) is 22.5 Å². The Balaban J connectivity index is 2.30. The minimum absolute atomic E-state index is 0.359. The van der Waals surface area contributed by atoms with E-state index in [2.05, 4.69) is 5.32 Å². The van der Waals surface area contributed by atoms with Crippen molar-refractivity contribution in [1.82, 2.24) is 0 Å². The number of benzene rings is 2. The highest BCUT2D eigenvalue weighted by atomic mass is 35.5. The Morgan fingerprint density at radius 2 is 1.81 bits per heavy atom. The summed E-state index contributed by atoms with van der Waals surface area (Å²) in [7, 11) is -3.69. The lowest BCUT2D eigenvalue weighted by atomic mass is 10.2. The molecule has 1 amide bonds. The van der Waals surface area contributed by atoms with Crippen molar-refractivity contribution in [2.24, 2.45) is 0 Å². The smallest absolute Gasteiger partial charge is 0.248 e. The third-order valence-corrected chi connectivity index (χ3v) is 5.11. The molecule has 0 saturated heterocycles. The van der Waals surface area contributed by atoms with Gasteiger partial charge in [-0.2, -0.15) is 0 Å². The number of carbonyl (C=O) groups excluding carboxylic acids is 1. The summed E-state index contributed by atoms with van der Waals surface area (Å²) in [6, 6.07) is 12.3. The molecule has 0 aromatic heterocycles. The third-order valence-electron chi connectivity index (χ3n) is 3.61. The molecule has 0 heterocycles. The van der Waals surface area contributed by atoms with Gasteiger partial charge in [0.2, 0.25) is 15.9 Å². The van der Waals surface area contributed by atoms with E-state index in [-0.39, 0.29) is 0 Å². The summed E-state index contributed by atoms with van der Waals surface area (Å²) in [5.74, 6) is 0.0467. The summed E-state index contributed by atoms with van der Waals surface area (Å²) in [6.07, 6.45) is 1.06. The normalized spacial score (nSPS) is 12.3. The van der Waals surface area contributed by atoms with E-state index in [1.807, 2.05) is 6.92 Å². The van der Waals surface area contributed by atoms with E-state index in [4.69, 9.17) is 16.3 Å². The fraction of sp³-hybridized carbons (Fsp3) is 0.278. The number of nitrogens with one attached hydrogen (secondary N) is 1. The van der Waals surface area contributed by atoms with Crippen LogP contribution < -0.4 is 14.4 Å². The molecular formula is C18H21ClN2O4S. The molecule has 0 spiro atoms. The molecule has 0 fully saturated rings. The number of para-hydroxylation sites is 2. The van der Waals surface area contributed by atoms with Crippen molar-refractivity contribution < 1.29 is 17.9 Å². The summed E-state index contributed by atoms with van der Waals surface area (Å²) in [5.41, 5.74) is 0.841. The van der Waals surface area contributed by atoms with Crippen LogP contribution in [-0.2, 0) is 14.8 Å². The Bertz CT molecular complexity index is 869. The number of halogens is 1. The van der Waals surface area contributed by atoms with Gasteiger partial charge in [-0.3, -0.25) is 9.10 Å². The van der Waals surface area contributed by atoms with E-state index in [0.29, 0.717) is 28.8 Å². The molecule has 2 rings (SSSR count). The second-order valence-corrected chi connectivity index (χ2v) is 7.93. The molecule has 1 atom stereocenters. The lowest BCUT2D eigenvalue weighted by Gasteiger charge is -2.28. The summed E-state index contributed by atoms with van der Waals surface area (Å²) in [6.45, 7) is 3.81. The van der Waals surface area contributed by atoms with E-state index in [9.17, 15) is 13.2 Å². The fourth-order valence-corrected chi connectivity index (χ4v) is 3.79. The van der Waals surface area contributed by atoms with Gasteiger partial charge in [-0.05, 0) is 50.2 Å². The molecule has 0 bridgehead atoms. The number of nitrogens with zero attached hydrogens (tertiary/aromatic N) is 1. The second-order valence-electron chi connectivity index (χ2n) is 5.63. The van der Waals surface area contributed by atoms with E-state index in [0.717, 1.165) is 10.6 Å². The number of rotatable bonds is 7. The van der Waals surface area contributed by atoms with Crippen LogP contribution in [0.15, 0.2) is 48.5 Å². The molecule has 26 heavy (non-hydrogen) atoms. The quantitative estimate of drug-likeness (QED) is 0.776. The first-order valence-corrected chi connectivity index (χ1v) is 10.2. The van der Waals surface area contributed by atoms with Gasteiger partial charge in [0.25, 0.3) is 0 Å². The standard InChI is InChI=1S/C18H21ClN2O4S/c1-4-25-17-8-6-5-7-16(17)20-18(22)13(2)21(26(3,23)24)15-11-9-14(19)10-12-15/h5-13H,4H2,1-3H3,(H,20,22)/t13-/m1/s1. The maximum Gasteiger partial charge on any atom is 0.248 e. The first-order valence-electron chi connectivity index (χ1n) is 8.01. The molecule has 140 valence electrons. The van der Waals surface area contributed by atoms with Crippen LogP contribution in [0.5, 0.6) is 5.75 Å². The van der Waals surface area contributed by atoms with Gasteiger partial charge in [0, 0.05) is 5.02 Å². The first kappa shape index (κ1) is 20.1. The molecule has 0 aliphatic carbocycles. The molecule has 0 unspecified atom stereocenters. The van der Waals surface area contributed by atoms with Crippen LogP contribution >= 0.6 is 11.6 Å². The number of ether oxygens (including phenoxy) is 1.